The van der Waals surface area contributed by atoms with E-state index in [9.17, 15) is 0 Å². The molecule has 0 bridgehead atoms. The molecule has 0 aromatic carbocycles. The van der Waals surface area contributed by atoms with E-state index in [-0.39, 0.29) is 0 Å². The molecule has 0 saturated carbocycles. The molecule has 1 aliphatic carbocycles. The minimum absolute atomic E-state index is 0.838. The van der Waals surface area contributed by atoms with Crippen molar-refractivity contribution in [1.82, 2.24) is 19.9 Å². The molecule has 21 heavy (non-hydrogen) atoms. The molecule has 2 aromatic rings. The summed E-state index contributed by atoms with van der Waals surface area (Å²) in [6, 6.07) is 3.95. The van der Waals surface area contributed by atoms with Gasteiger partial charge in [0.05, 0.1) is 0 Å². The van der Waals surface area contributed by atoms with Crippen LogP contribution in [-0.2, 0) is 12.8 Å². The molecule has 5 heteroatoms. The number of nitrogens with zero attached hydrogens (tertiary/aromatic N) is 4. The van der Waals surface area contributed by atoms with Gasteiger partial charge < -0.3 is 4.90 Å². The standard InChI is InChI=1S/C16H20N4S/c1-20(2)10-11-21-16-13-4-3-5-14(13)18-15(19-16)12-6-8-17-9-7-12/h6-9H,3-5,10-11H2,1-2H3. The third-order valence-corrected chi connectivity index (χ3v) is 4.61. The fourth-order valence-electron chi connectivity index (χ4n) is 2.47. The molecule has 0 atom stereocenters. The van der Waals surface area contributed by atoms with E-state index in [0.29, 0.717) is 0 Å². The maximum atomic E-state index is 4.82. The molecule has 0 spiro atoms. The third-order valence-electron chi connectivity index (χ3n) is 3.61. The summed E-state index contributed by atoms with van der Waals surface area (Å²) in [5, 5.41) is 1.17. The second-order valence-electron chi connectivity index (χ2n) is 5.52. The fraction of sp³-hybridized carbons (Fsp3) is 0.438. The van der Waals surface area contributed by atoms with Gasteiger partial charge in [0, 0.05) is 41.5 Å². The normalized spacial score (nSPS) is 13.7. The largest absolute Gasteiger partial charge is 0.309 e. The van der Waals surface area contributed by atoms with Gasteiger partial charge in [0.1, 0.15) is 5.03 Å². The number of hydrogen-bond donors (Lipinski definition) is 0. The van der Waals surface area contributed by atoms with Crippen molar-refractivity contribution in [2.24, 2.45) is 0 Å². The smallest absolute Gasteiger partial charge is 0.160 e. The quantitative estimate of drug-likeness (QED) is 0.627. The zero-order valence-corrected chi connectivity index (χ0v) is 13.4. The predicted molar refractivity (Wildman–Crippen MR) is 86.6 cm³/mol. The summed E-state index contributed by atoms with van der Waals surface area (Å²) < 4.78 is 0. The number of rotatable bonds is 5. The van der Waals surface area contributed by atoms with Crippen LogP contribution >= 0.6 is 11.8 Å². The third kappa shape index (κ3) is 3.41. The number of fused-ring (bicyclic) bond motifs is 1. The van der Waals surface area contributed by atoms with E-state index in [0.717, 1.165) is 36.5 Å². The van der Waals surface area contributed by atoms with E-state index in [1.807, 2.05) is 23.9 Å². The number of pyridine rings is 1. The lowest BCUT2D eigenvalue weighted by atomic mass is 10.2. The summed E-state index contributed by atoms with van der Waals surface area (Å²) in [7, 11) is 4.21. The highest BCUT2D eigenvalue weighted by molar-refractivity contribution is 7.99. The van der Waals surface area contributed by atoms with Crippen molar-refractivity contribution in [1.29, 1.82) is 0 Å². The molecular formula is C16H20N4S. The van der Waals surface area contributed by atoms with Crippen LogP contribution in [0.1, 0.15) is 17.7 Å². The Kier molecular flexibility index (Phi) is 4.51. The Morgan fingerprint density at radius 2 is 1.95 bits per heavy atom. The van der Waals surface area contributed by atoms with Crippen molar-refractivity contribution < 1.29 is 0 Å². The molecule has 2 heterocycles. The number of thioether (sulfide) groups is 1. The number of aryl methyl sites for hydroxylation is 1. The molecule has 0 saturated heterocycles. The van der Waals surface area contributed by atoms with Gasteiger partial charge in [-0.1, -0.05) is 0 Å². The molecule has 2 aromatic heterocycles. The Bertz CT molecular complexity index is 613. The van der Waals surface area contributed by atoms with Gasteiger partial charge in [0.2, 0.25) is 0 Å². The summed E-state index contributed by atoms with van der Waals surface area (Å²) in [4.78, 5) is 15.9. The van der Waals surface area contributed by atoms with E-state index < -0.39 is 0 Å². The van der Waals surface area contributed by atoms with E-state index in [1.165, 1.54) is 22.7 Å². The average molecular weight is 300 g/mol. The Labute approximate surface area is 130 Å². The molecule has 0 N–H and O–H groups in total. The monoisotopic (exact) mass is 300 g/mol. The van der Waals surface area contributed by atoms with Crippen LogP contribution in [0.25, 0.3) is 11.4 Å². The highest BCUT2D eigenvalue weighted by atomic mass is 32.2. The number of hydrogen-bond acceptors (Lipinski definition) is 5. The van der Waals surface area contributed by atoms with Crippen LogP contribution in [0.2, 0.25) is 0 Å². The van der Waals surface area contributed by atoms with E-state index in [4.69, 9.17) is 9.97 Å². The first-order chi connectivity index (χ1) is 10.2. The Balaban J connectivity index is 1.89. The molecule has 0 amide bonds. The van der Waals surface area contributed by atoms with Gasteiger partial charge in [-0.2, -0.15) is 0 Å². The highest BCUT2D eigenvalue weighted by Crippen LogP contribution is 2.31. The van der Waals surface area contributed by atoms with Gasteiger partial charge in [-0.3, -0.25) is 4.98 Å². The molecule has 0 fully saturated rings. The Morgan fingerprint density at radius 1 is 1.14 bits per heavy atom. The summed E-state index contributed by atoms with van der Waals surface area (Å²) in [5.41, 5.74) is 3.66. The van der Waals surface area contributed by atoms with Crippen LogP contribution in [-0.4, -0.2) is 46.2 Å². The van der Waals surface area contributed by atoms with Gasteiger partial charge in [0.25, 0.3) is 0 Å². The van der Waals surface area contributed by atoms with Crippen molar-refractivity contribution in [3.8, 4) is 11.4 Å². The highest BCUT2D eigenvalue weighted by Gasteiger charge is 2.20. The first-order valence-corrected chi connectivity index (χ1v) is 8.30. The molecule has 1 aliphatic rings. The summed E-state index contributed by atoms with van der Waals surface area (Å²) in [6.45, 7) is 1.06. The second kappa shape index (κ2) is 6.54. The summed E-state index contributed by atoms with van der Waals surface area (Å²) >= 11 is 1.85. The van der Waals surface area contributed by atoms with Crippen LogP contribution in [0, 0.1) is 0 Å². The van der Waals surface area contributed by atoms with Crippen LogP contribution < -0.4 is 0 Å². The molecule has 0 unspecified atom stereocenters. The van der Waals surface area contributed by atoms with Crippen molar-refractivity contribution >= 4 is 11.8 Å². The molecule has 110 valence electrons. The zero-order valence-electron chi connectivity index (χ0n) is 12.5. The van der Waals surface area contributed by atoms with Crippen LogP contribution in [0.15, 0.2) is 29.6 Å². The minimum Gasteiger partial charge on any atom is -0.309 e. The number of aromatic nitrogens is 3. The van der Waals surface area contributed by atoms with Gasteiger partial charge in [-0.15, -0.1) is 11.8 Å². The second-order valence-corrected chi connectivity index (χ2v) is 6.60. The lowest BCUT2D eigenvalue weighted by molar-refractivity contribution is 0.437. The molecule has 3 rings (SSSR count). The first kappa shape index (κ1) is 14.5. The van der Waals surface area contributed by atoms with E-state index in [2.05, 4.69) is 24.0 Å². The van der Waals surface area contributed by atoms with Crippen LogP contribution in [0.3, 0.4) is 0 Å². The van der Waals surface area contributed by atoms with Gasteiger partial charge in [-0.25, -0.2) is 9.97 Å². The van der Waals surface area contributed by atoms with Crippen molar-refractivity contribution in [2.45, 2.75) is 24.3 Å². The lowest BCUT2D eigenvalue weighted by Gasteiger charge is -2.12. The Hall–Kier alpha value is -1.46. The van der Waals surface area contributed by atoms with E-state index in [1.54, 1.807) is 12.4 Å². The summed E-state index contributed by atoms with van der Waals surface area (Å²) in [6.07, 6.45) is 6.99. The van der Waals surface area contributed by atoms with Crippen molar-refractivity contribution in [2.75, 3.05) is 26.4 Å². The zero-order chi connectivity index (χ0) is 14.7. The Morgan fingerprint density at radius 3 is 2.71 bits per heavy atom. The molecule has 4 nitrogen and oxygen atoms in total. The maximum absolute atomic E-state index is 4.82. The van der Waals surface area contributed by atoms with Gasteiger partial charge in [0.15, 0.2) is 5.82 Å². The molecule has 0 aliphatic heterocycles. The fourth-order valence-corrected chi connectivity index (χ4v) is 3.67. The lowest BCUT2D eigenvalue weighted by Crippen LogP contribution is -2.15. The van der Waals surface area contributed by atoms with Crippen LogP contribution in [0.4, 0.5) is 0 Å². The van der Waals surface area contributed by atoms with Crippen molar-refractivity contribution in [3.05, 3.63) is 35.8 Å². The van der Waals surface area contributed by atoms with Crippen LogP contribution in [0.5, 0.6) is 0 Å². The topological polar surface area (TPSA) is 41.9 Å². The maximum Gasteiger partial charge on any atom is 0.160 e. The predicted octanol–water partition coefficient (Wildman–Crippen LogP) is 2.68. The summed E-state index contributed by atoms with van der Waals surface area (Å²) in [5.74, 6) is 1.90. The average Bonchev–Trinajstić information content (AvgIpc) is 2.96. The van der Waals surface area contributed by atoms with E-state index >= 15 is 0 Å². The molecular weight excluding hydrogens is 280 g/mol. The van der Waals surface area contributed by atoms with Gasteiger partial charge in [-0.05, 0) is 45.5 Å². The first-order valence-electron chi connectivity index (χ1n) is 7.32. The molecule has 0 radical (unpaired) electrons. The minimum atomic E-state index is 0.838. The SMILES string of the molecule is CN(C)CCSc1nc(-c2ccncc2)nc2c1CCC2. The van der Waals surface area contributed by atoms with Gasteiger partial charge >= 0.3 is 0 Å². The van der Waals surface area contributed by atoms with Crippen molar-refractivity contribution in [3.63, 3.8) is 0 Å².